The van der Waals surface area contributed by atoms with Crippen LogP contribution in [0.1, 0.15) is 22.8 Å². The molecule has 0 fully saturated rings. The van der Waals surface area contributed by atoms with Crippen molar-refractivity contribution in [3.05, 3.63) is 95.6 Å². The zero-order chi connectivity index (χ0) is 18.9. The summed E-state index contributed by atoms with van der Waals surface area (Å²) in [6, 6.07) is 22.6. The number of carbonyl (C=O) groups excluding carboxylic acids is 1. The van der Waals surface area contributed by atoms with E-state index in [1.165, 1.54) is 12.1 Å². The molecule has 0 saturated carbocycles. The van der Waals surface area contributed by atoms with Gasteiger partial charge in [0.2, 0.25) is 0 Å². The maximum Gasteiger partial charge on any atom is 0.311 e. The van der Waals surface area contributed by atoms with E-state index in [9.17, 15) is 13.2 Å². The fraction of sp³-hybridized carbons (Fsp3) is 0.0952. The molecule has 0 saturated heterocycles. The summed E-state index contributed by atoms with van der Waals surface area (Å²) in [5, 5.41) is 0. The molecule has 1 unspecified atom stereocenters. The largest absolute Gasteiger partial charge is 0.452 e. The summed E-state index contributed by atoms with van der Waals surface area (Å²) in [6.45, 7) is 0. The third-order valence-corrected chi connectivity index (χ3v) is 5.84. The number of nitrogens with one attached hydrogen (secondary N) is 1. The number of anilines is 1. The zero-order valence-corrected chi connectivity index (χ0v) is 15.1. The van der Waals surface area contributed by atoms with E-state index < -0.39 is 16.1 Å². The predicted molar refractivity (Wildman–Crippen MR) is 102 cm³/mol. The number of fused-ring (bicyclic) bond motifs is 1. The van der Waals surface area contributed by atoms with E-state index in [2.05, 4.69) is 4.72 Å². The van der Waals surface area contributed by atoms with Gasteiger partial charge in [0.25, 0.3) is 10.0 Å². The summed E-state index contributed by atoms with van der Waals surface area (Å²) in [4.78, 5) is 12.2. The van der Waals surface area contributed by atoms with Crippen LogP contribution in [-0.4, -0.2) is 14.4 Å². The number of esters is 1. The smallest absolute Gasteiger partial charge is 0.311 e. The first kappa shape index (κ1) is 17.3. The van der Waals surface area contributed by atoms with Crippen molar-refractivity contribution < 1.29 is 17.9 Å². The molecule has 6 heteroatoms. The molecule has 0 aliphatic carbocycles. The molecule has 0 radical (unpaired) electrons. The van der Waals surface area contributed by atoms with Crippen molar-refractivity contribution in [1.82, 2.24) is 0 Å². The SMILES string of the molecule is O=C1Cc2ccccc2C(c2ccccc2NS(=O)(=O)c2ccccc2)O1. The molecule has 1 heterocycles. The van der Waals surface area contributed by atoms with Crippen molar-refractivity contribution in [3.63, 3.8) is 0 Å². The fourth-order valence-corrected chi connectivity index (χ4v) is 4.30. The molecule has 5 nitrogen and oxygen atoms in total. The van der Waals surface area contributed by atoms with Gasteiger partial charge in [-0.1, -0.05) is 60.7 Å². The number of para-hydroxylation sites is 1. The Bertz CT molecular complexity index is 1090. The van der Waals surface area contributed by atoms with E-state index in [1.807, 2.05) is 24.3 Å². The average Bonchev–Trinajstić information content (AvgIpc) is 2.68. The normalized spacial score (nSPS) is 16.3. The molecule has 27 heavy (non-hydrogen) atoms. The number of carbonyl (C=O) groups is 1. The summed E-state index contributed by atoms with van der Waals surface area (Å²) in [5.74, 6) is -0.334. The van der Waals surface area contributed by atoms with Gasteiger partial charge in [-0.3, -0.25) is 9.52 Å². The highest BCUT2D eigenvalue weighted by Gasteiger charge is 2.30. The number of sulfonamides is 1. The van der Waals surface area contributed by atoms with Crippen LogP contribution in [0.5, 0.6) is 0 Å². The maximum atomic E-state index is 12.7. The number of rotatable bonds is 4. The van der Waals surface area contributed by atoms with Crippen molar-refractivity contribution in [2.75, 3.05) is 4.72 Å². The van der Waals surface area contributed by atoms with Crippen LogP contribution in [0.25, 0.3) is 0 Å². The molecule has 1 aliphatic heterocycles. The van der Waals surface area contributed by atoms with Crippen LogP contribution in [0.3, 0.4) is 0 Å². The van der Waals surface area contributed by atoms with Crippen molar-refractivity contribution in [3.8, 4) is 0 Å². The van der Waals surface area contributed by atoms with Gasteiger partial charge in [-0.25, -0.2) is 8.42 Å². The van der Waals surface area contributed by atoms with E-state index >= 15 is 0 Å². The lowest BCUT2D eigenvalue weighted by atomic mass is 9.92. The number of hydrogen-bond acceptors (Lipinski definition) is 4. The minimum absolute atomic E-state index is 0.167. The van der Waals surface area contributed by atoms with Crippen LogP contribution in [-0.2, 0) is 26.0 Å². The van der Waals surface area contributed by atoms with E-state index in [-0.39, 0.29) is 17.3 Å². The Labute approximate surface area is 157 Å². The minimum Gasteiger partial charge on any atom is -0.452 e. The number of hydrogen-bond donors (Lipinski definition) is 1. The molecular weight excluding hydrogens is 362 g/mol. The molecule has 1 aliphatic rings. The Morgan fingerprint density at radius 1 is 0.815 bits per heavy atom. The minimum atomic E-state index is -3.76. The maximum absolute atomic E-state index is 12.7. The Hall–Kier alpha value is -3.12. The monoisotopic (exact) mass is 379 g/mol. The van der Waals surface area contributed by atoms with Crippen molar-refractivity contribution in [1.29, 1.82) is 0 Å². The molecule has 0 spiro atoms. The summed E-state index contributed by atoms with van der Waals surface area (Å²) in [7, 11) is -3.76. The van der Waals surface area contributed by atoms with Crippen LogP contribution in [0.4, 0.5) is 5.69 Å². The van der Waals surface area contributed by atoms with Crippen LogP contribution in [0, 0.1) is 0 Å². The molecule has 136 valence electrons. The van der Waals surface area contributed by atoms with Gasteiger partial charge in [-0.05, 0) is 23.8 Å². The van der Waals surface area contributed by atoms with Gasteiger partial charge in [-0.2, -0.15) is 0 Å². The number of cyclic esters (lactones) is 1. The Morgan fingerprint density at radius 3 is 2.22 bits per heavy atom. The van der Waals surface area contributed by atoms with Crippen LogP contribution >= 0.6 is 0 Å². The van der Waals surface area contributed by atoms with E-state index in [1.54, 1.807) is 42.5 Å². The third kappa shape index (κ3) is 3.44. The lowest BCUT2D eigenvalue weighted by Gasteiger charge is -2.27. The predicted octanol–water partition coefficient (Wildman–Crippen LogP) is 3.68. The number of ether oxygens (including phenoxy) is 1. The first-order chi connectivity index (χ1) is 13.0. The van der Waals surface area contributed by atoms with Crippen molar-refractivity contribution in [2.45, 2.75) is 17.4 Å². The first-order valence-electron chi connectivity index (χ1n) is 8.49. The highest BCUT2D eigenvalue weighted by molar-refractivity contribution is 7.92. The van der Waals surface area contributed by atoms with Gasteiger partial charge < -0.3 is 4.74 Å². The standard InChI is InChI=1S/C21H17NO4S/c23-20-14-15-8-4-5-11-17(15)21(26-20)18-12-6-7-13-19(18)22-27(24,25)16-9-2-1-3-10-16/h1-13,21-22H,14H2. The molecule has 4 rings (SSSR count). The van der Waals surface area contributed by atoms with E-state index in [0.29, 0.717) is 11.3 Å². The molecule has 3 aromatic carbocycles. The molecule has 1 atom stereocenters. The van der Waals surface area contributed by atoms with Gasteiger partial charge in [0.15, 0.2) is 6.10 Å². The second kappa shape index (κ2) is 6.89. The second-order valence-electron chi connectivity index (χ2n) is 6.25. The summed E-state index contributed by atoms with van der Waals surface area (Å²) < 4.78 is 33.7. The van der Waals surface area contributed by atoms with Crippen molar-refractivity contribution in [2.24, 2.45) is 0 Å². The summed E-state index contributed by atoms with van der Waals surface area (Å²) in [5.41, 5.74) is 2.73. The molecule has 1 N–H and O–H groups in total. The highest BCUT2D eigenvalue weighted by atomic mass is 32.2. The first-order valence-corrected chi connectivity index (χ1v) is 9.97. The van der Waals surface area contributed by atoms with Gasteiger partial charge in [0.05, 0.1) is 17.0 Å². The van der Waals surface area contributed by atoms with E-state index in [0.717, 1.165) is 11.1 Å². The van der Waals surface area contributed by atoms with E-state index in [4.69, 9.17) is 4.74 Å². The molecule has 3 aromatic rings. The lowest BCUT2D eigenvalue weighted by Crippen LogP contribution is -2.23. The van der Waals surface area contributed by atoms with Crippen LogP contribution < -0.4 is 4.72 Å². The second-order valence-corrected chi connectivity index (χ2v) is 7.93. The van der Waals surface area contributed by atoms with Gasteiger partial charge in [-0.15, -0.1) is 0 Å². The average molecular weight is 379 g/mol. The van der Waals surface area contributed by atoms with Gasteiger partial charge >= 0.3 is 5.97 Å². The van der Waals surface area contributed by atoms with Crippen LogP contribution in [0.2, 0.25) is 0 Å². The zero-order valence-electron chi connectivity index (χ0n) is 14.3. The quantitative estimate of drug-likeness (QED) is 0.702. The van der Waals surface area contributed by atoms with Gasteiger partial charge in [0.1, 0.15) is 0 Å². The summed E-state index contributed by atoms with van der Waals surface area (Å²) in [6.07, 6.45) is -0.443. The third-order valence-electron chi connectivity index (χ3n) is 4.46. The van der Waals surface area contributed by atoms with Crippen molar-refractivity contribution >= 4 is 21.7 Å². The Balaban J connectivity index is 1.76. The fourth-order valence-electron chi connectivity index (χ4n) is 3.20. The number of benzene rings is 3. The highest BCUT2D eigenvalue weighted by Crippen LogP contribution is 2.37. The van der Waals surface area contributed by atoms with Gasteiger partial charge in [0, 0.05) is 11.1 Å². The molecule has 0 bridgehead atoms. The molecular formula is C21H17NO4S. The molecule has 0 aromatic heterocycles. The molecule has 0 amide bonds. The Morgan fingerprint density at radius 2 is 1.44 bits per heavy atom. The lowest BCUT2D eigenvalue weighted by molar-refractivity contribution is -0.148. The topological polar surface area (TPSA) is 72.5 Å². The Kier molecular flexibility index (Phi) is 4.41. The summed E-state index contributed by atoms with van der Waals surface area (Å²) >= 11 is 0. The van der Waals surface area contributed by atoms with Crippen LogP contribution in [0.15, 0.2) is 83.8 Å².